The molecule has 0 saturated carbocycles. The molecule has 26 heavy (non-hydrogen) atoms. The summed E-state index contributed by atoms with van der Waals surface area (Å²) in [5.41, 5.74) is 1.21. The van der Waals surface area contributed by atoms with E-state index in [-0.39, 0.29) is 18.6 Å². The molecule has 0 bridgehead atoms. The number of carbonyl (C=O) groups is 1. The van der Waals surface area contributed by atoms with Gasteiger partial charge in [-0.2, -0.15) is 0 Å². The first kappa shape index (κ1) is 18.5. The van der Waals surface area contributed by atoms with Gasteiger partial charge in [-0.05, 0) is 25.5 Å². The molecule has 2 aliphatic rings. The molecule has 0 spiro atoms. The molecule has 0 aromatic heterocycles. The number of aliphatic hydroxyl groups is 1. The second-order valence-corrected chi connectivity index (χ2v) is 6.76. The highest BCUT2D eigenvalue weighted by Gasteiger charge is 2.24. The molecule has 1 atom stereocenters. The first-order valence-electron chi connectivity index (χ1n) is 9.46. The van der Waals surface area contributed by atoms with E-state index in [0.717, 1.165) is 51.6 Å². The predicted molar refractivity (Wildman–Crippen MR) is 103 cm³/mol. The molecule has 1 aromatic carbocycles. The summed E-state index contributed by atoms with van der Waals surface area (Å²) in [6.45, 7) is 7.40. The van der Waals surface area contributed by atoms with E-state index in [1.165, 1.54) is 5.69 Å². The van der Waals surface area contributed by atoms with Gasteiger partial charge in [0.15, 0.2) is 5.96 Å². The van der Waals surface area contributed by atoms with Crippen LogP contribution in [0, 0.1) is 0 Å². The maximum Gasteiger partial charge on any atom is 0.244 e. The first-order valence-corrected chi connectivity index (χ1v) is 9.46. The van der Waals surface area contributed by atoms with Gasteiger partial charge in [0.1, 0.15) is 6.54 Å². The molecule has 7 nitrogen and oxygen atoms in total. The molecular weight excluding hydrogens is 330 g/mol. The number of nitrogens with zero attached hydrogens (tertiary/aromatic N) is 4. The Bertz CT molecular complexity index is 614. The third-order valence-corrected chi connectivity index (χ3v) is 4.92. The monoisotopic (exact) mass is 359 g/mol. The third-order valence-electron chi connectivity index (χ3n) is 4.92. The van der Waals surface area contributed by atoms with Crippen molar-refractivity contribution >= 4 is 17.6 Å². The van der Waals surface area contributed by atoms with Crippen molar-refractivity contribution in [3.63, 3.8) is 0 Å². The predicted octanol–water partition coefficient (Wildman–Crippen LogP) is 0.367. The zero-order valence-electron chi connectivity index (χ0n) is 15.5. The Hall–Kier alpha value is -2.28. The molecule has 3 rings (SSSR count). The molecule has 0 unspecified atom stereocenters. The van der Waals surface area contributed by atoms with Crippen molar-refractivity contribution in [2.24, 2.45) is 4.99 Å². The minimum atomic E-state index is -0.305. The van der Waals surface area contributed by atoms with Crippen molar-refractivity contribution in [2.45, 2.75) is 19.4 Å². The van der Waals surface area contributed by atoms with Gasteiger partial charge in [0, 0.05) is 51.5 Å². The number of carbonyl (C=O) groups excluding carboxylic acids is 1. The number of amides is 1. The lowest BCUT2D eigenvalue weighted by molar-refractivity contribution is -0.129. The summed E-state index contributed by atoms with van der Waals surface area (Å²) < 4.78 is 0. The maximum atomic E-state index is 12.5. The maximum absolute atomic E-state index is 12.5. The van der Waals surface area contributed by atoms with Crippen LogP contribution in [0.2, 0.25) is 0 Å². The molecule has 2 fully saturated rings. The van der Waals surface area contributed by atoms with Crippen molar-refractivity contribution in [1.29, 1.82) is 0 Å². The lowest BCUT2D eigenvalue weighted by atomic mass is 10.2. The van der Waals surface area contributed by atoms with E-state index in [1.807, 2.05) is 34.9 Å². The summed E-state index contributed by atoms with van der Waals surface area (Å²) in [4.78, 5) is 23.3. The summed E-state index contributed by atoms with van der Waals surface area (Å²) in [5.74, 6) is 0.785. The topological polar surface area (TPSA) is 71.4 Å². The van der Waals surface area contributed by atoms with Crippen LogP contribution >= 0.6 is 0 Å². The molecule has 2 saturated heterocycles. The molecule has 2 heterocycles. The number of anilines is 1. The van der Waals surface area contributed by atoms with Crippen LogP contribution in [0.1, 0.15) is 13.3 Å². The number of aliphatic imine (C=N–C) groups is 1. The highest BCUT2D eigenvalue weighted by Crippen LogP contribution is 2.15. The molecule has 0 aliphatic carbocycles. The Morgan fingerprint density at radius 1 is 1.15 bits per heavy atom. The number of benzene rings is 1. The largest absolute Gasteiger partial charge is 0.391 e. The van der Waals surface area contributed by atoms with E-state index < -0.39 is 0 Å². The molecule has 0 radical (unpaired) electrons. The smallest absolute Gasteiger partial charge is 0.244 e. The van der Waals surface area contributed by atoms with E-state index in [9.17, 15) is 9.90 Å². The number of para-hydroxylation sites is 1. The standard InChI is InChI=1S/C19H29N5O2/c1-2-20-19(24-9-8-17(25)15-24)21-14-18(26)23-12-10-22(11-13-23)16-6-4-3-5-7-16/h3-7,17,25H,2,8-15H2,1H3,(H,20,21)/t17-/m1/s1. The fourth-order valence-electron chi connectivity index (χ4n) is 3.46. The van der Waals surface area contributed by atoms with Crippen LogP contribution in [0.15, 0.2) is 35.3 Å². The highest BCUT2D eigenvalue weighted by molar-refractivity contribution is 5.85. The van der Waals surface area contributed by atoms with Crippen LogP contribution in [-0.4, -0.2) is 85.2 Å². The van der Waals surface area contributed by atoms with Gasteiger partial charge in [0.25, 0.3) is 0 Å². The van der Waals surface area contributed by atoms with Crippen LogP contribution in [-0.2, 0) is 4.79 Å². The summed E-state index contributed by atoms with van der Waals surface area (Å²) in [7, 11) is 0. The van der Waals surface area contributed by atoms with E-state index >= 15 is 0 Å². The van der Waals surface area contributed by atoms with Crippen molar-refractivity contribution in [3.8, 4) is 0 Å². The molecule has 2 N–H and O–H groups in total. The zero-order valence-corrected chi connectivity index (χ0v) is 15.5. The van der Waals surface area contributed by atoms with Crippen molar-refractivity contribution in [3.05, 3.63) is 30.3 Å². The lowest BCUT2D eigenvalue weighted by Gasteiger charge is -2.36. The second-order valence-electron chi connectivity index (χ2n) is 6.76. The third kappa shape index (κ3) is 4.66. The summed E-state index contributed by atoms with van der Waals surface area (Å²) in [6, 6.07) is 10.3. The summed E-state index contributed by atoms with van der Waals surface area (Å²) in [5, 5.41) is 12.9. The van der Waals surface area contributed by atoms with Crippen LogP contribution in [0.4, 0.5) is 5.69 Å². The van der Waals surface area contributed by atoms with Gasteiger partial charge < -0.3 is 25.1 Å². The molecule has 1 aromatic rings. The Morgan fingerprint density at radius 2 is 1.88 bits per heavy atom. The summed E-state index contributed by atoms with van der Waals surface area (Å²) >= 11 is 0. The van der Waals surface area contributed by atoms with Crippen LogP contribution in [0.25, 0.3) is 0 Å². The fourth-order valence-corrected chi connectivity index (χ4v) is 3.46. The number of likely N-dealkylation sites (tertiary alicyclic amines) is 1. The number of guanidine groups is 1. The number of hydrogen-bond acceptors (Lipinski definition) is 4. The number of piperazine rings is 1. The lowest BCUT2D eigenvalue weighted by Crippen LogP contribution is -2.49. The van der Waals surface area contributed by atoms with Gasteiger partial charge in [-0.1, -0.05) is 18.2 Å². The van der Waals surface area contributed by atoms with Gasteiger partial charge in [-0.25, -0.2) is 4.99 Å². The second kappa shape index (κ2) is 8.89. The van der Waals surface area contributed by atoms with Gasteiger partial charge in [-0.3, -0.25) is 4.79 Å². The normalized spacial score (nSPS) is 21.2. The molecule has 7 heteroatoms. The van der Waals surface area contributed by atoms with Crippen LogP contribution < -0.4 is 10.2 Å². The summed E-state index contributed by atoms with van der Waals surface area (Å²) in [6.07, 6.45) is 0.445. The fraction of sp³-hybridized carbons (Fsp3) is 0.579. The SMILES string of the molecule is CCNC(=NCC(=O)N1CCN(c2ccccc2)CC1)N1CC[C@@H](O)C1. The number of nitrogens with one attached hydrogen (secondary N) is 1. The number of rotatable bonds is 4. The molecule has 2 aliphatic heterocycles. The van der Waals surface area contributed by atoms with Crippen molar-refractivity contribution in [1.82, 2.24) is 15.1 Å². The highest BCUT2D eigenvalue weighted by atomic mass is 16.3. The molecular formula is C19H29N5O2. The zero-order chi connectivity index (χ0) is 18.4. The van der Waals surface area contributed by atoms with Crippen molar-refractivity contribution in [2.75, 3.05) is 57.3 Å². The van der Waals surface area contributed by atoms with Gasteiger partial charge in [0.2, 0.25) is 5.91 Å². The van der Waals surface area contributed by atoms with E-state index in [4.69, 9.17) is 0 Å². The minimum absolute atomic E-state index is 0.0628. The Labute approximate surface area is 155 Å². The van der Waals surface area contributed by atoms with E-state index in [0.29, 0.717) is 6.54 Å². The number of aliphatic hydroxyl groups excluding tert-OH is 1. The van der Waals surface area contributed by atoms with Gasteiger partial charge in [0.05, 0.1) is 6.10 Å². The van der Waals surface area contributed by atoms with Gasteiger partial charge in [-0.15, -0.1) is 0 Å². The van der Waals surface area contributed by atoms with Gasteiger partial charge >= 0.3 is 0 Å². The minimum Gasteiger partial charge on any atom is -0.391 e. The molecule has 1 amide bonds. The van der Waals surface area contributed by atoms with Crippen LogP contribution in [0.5, 0.6) is 0 Å². The van der Waals surface area contributed by atoms with Crippen molar-refractivity contribution < 1.29 is 9.90 Å². The molecule has 142 valence electrons. The van der Waals surface area contributed by atoms with Crippen LogP contribution in [0.3, 0.4) is 0 Å². The Morgan fingerprint density at radius 3 is 2.50 bits per heavy atom. The number of β-amino-alcohol motifs (C(OH)–C–C–N with tert-alkyl or cyclic N) is 1. The quantitative estimate of drug-likeness (QED) is 0.600. The van der Waals surface area contributed by atoms with E-state index in [1.54, 1.807) is 0 Å². The Balaban J connectivity index is 1.51. The first-order chi connectivity index (χ1) is 12.7. The van der Waals surface area contributed by atoms with E-state index in [2.05, 4.69) is 27.3 Å². The average Bonchev–Trinajstić information content (AvgIpc) is 3.12. The Kier molecular flexibility index (Phi) is 6.33. The average molecular weight is 359 g/mol. The number of hydrogen-bond donors (Lipinski definition) is 2.